The molecule has 0 aliphatic carbocycles. The predicted octanol–water partition coefficient (Wildman–Crippen LogP) is 3.55. The van der Waals surface area contributed by atoms with Gasteiger partial charge in [0.15, 0.2) is 0 Å². The van der Waals surface area contributed by atoms with Gasteiger partial charge in [-0.2, -0.15) is 0 Å². The first-order valence-corrected chi connectivity index (χ1v) is 4.58. The minimum absolute atomic E-state index is 0.163. The van der Waals surface area contributed by atoms with Gasteiger partial charge >= 0.3 is 0 Å². The van der Waals surface area contributed by atoms with E-state index in [1.54, 1.807) is 6.07 Å². The highest BCUT2D eigenvalue weighted by Gasteiger charge is 2.04. The first-order valence-electron chi connectivity index (χ1n) is 2.88. The molecule has 0 heterocycles. The number of rotatable bonds is 1. The molecule has 60 valence electrons. The normalized spacial score (nSPS) is 10.1. The van der Waals surface area contributed by atoms with E-state index >= 15 is 0 Å². The van der Waals surface area contributed by atoms with Gasteiger partial charge in [0.1, 0.15) is 5.75 Å². The number of alkyl halides is 1. The van der Waals surface area contributed by atoms with Crippen molar-refractivity contribution in [1.29, 1.82) is 0 Å². The van der Waals surface area contributed by atoms with Crippen LogP contribution in [0.15, 0.2) is 16.6 Å². The van der Waals surface area contributed by atoms with Gasteiger partial charge in [0, 0.05) is 10.0 Å². The van der Waals surface area contributed by atoms with Gasteiger partial charge in [-0.1, -0.05) is 11.6 Å². The van der Waals surface area contributed by atoms with E-state index in [4.69, 9.17) is 23.2 Å². The standard InChI is InChI=1S/C7H5BrCl2O/c8-5-2-7(11)4(3-9)1-6(5)10/h1-2,11H,3H2. The van der Waals surface area contributed by atoms with Crippen LogP contribution in [0.4, 0.5) is 0 Å². The topological polar surface area (TPSA) is 20.2 Å². The van der Waals surface area contributed by atoms with Crippen LogP contribution in [-0.2, 0) is 5.88 Å². The molecule has 1 rings (SSSR count). The molecule has 1 aromatic carbocycles. The number of benzene rings is 1. The number of phenolic OH excluding ortho intramolecular Hbond substituents is 1. The van der Waals surface area contributed by atoms with Crippen LogP contribution in [0.25, 0.3) is 0 Å². The lowest BCUT2D eigenvalue weighted by molar-refractivity contribution is 0.470. The van der Waals surface area contributed by atoms with Gasteiger partial charge in [-0.05, 0) is 28.1 Å². The Balaban J connectivity index is 3.21. The molecule has 0 radical (unpaired) electrons. The summed E-state index contributed by atoms with van der Waals surface area (Å²) in [5.41, 5.74) is 0.639. The van der Waals surface area contributed by atoms with E-state index in [0.717, 1.165) is 0 Å². The van der Waals surface area contributed by atoms with Crippen LogP contribution >= 0.6 is 39.1 Å². The average Bonchev–Trinajstić information content (AvgIpc) is 1.97. The second-order valence-corrected chi connectivity index (χ2v) is 3.56. The monoisotopic (exact) mass is 254 g/mol. The molecule has 11 heavy (non-hydrogen) atoms. The molecule has 0 saturated carbocycles. The largest absolute Gasteiger partial charge is 0.508 e. The highest BCUT2D eigenvalue weighted by Crippen LogP contribution is 2.30. The first kappa shape index (κ1) is 9.17. The Bertz CT molecular complexity index is 275. The van der Waals surface area contributed by atoms with Crippen LogP contribution in [0.1, 0.15) is 5.56 Å². The second-order valence-electron chi connectivity index (χ2n) is 2.03. The van der Waals surface area contributed by atoms with E-state index in [1.807, 2.05) is 0 Å². The third-order valence-corrected chi connectivity index (χ3v) is 2.75. The summed E-state index contributed by atoms with van der Waals surface area (Å²) in [5.74, 6) is 0.426. The van der Waals surface area contributed by atoms with Crippen molar-refractivity contribution in [2.24, 2.45) is 0 Å². The quantitative estimate of drug-likeness (QED) is 0.761. The Labute approximate surface area is 83.1 Å². The first-order chi connectivity index (χ1) is 5.15. The molecule has 0 bridgehead atoms. The molecule has 0 atom stereocenters. The summed E-state index contributed by atoms with van der Waals surface area (Å²) in [5, 5.41) is 9.80. The van der Waals surface area contributed by atoms with E-state index < -0.39 is 0 Å². The van der Waals surface area contributed by atoms with Crippen LogP contribution in [0.3, 0.4) is 0 Å². The molecule has 0 fully saturated rings. The minimum Gasteiger partial charge on any atom is -0.508 e. The molecule has 0 spiro atoms. The van der Waals surface area contributed by atoms with Crippen molar-refractivity contribution in [3.05, 3.63) is 27.2 Å². The molecular formula is C7H5BrCl2O. The number of hydrogen-bond donors (Lipinski definition) is 1. The van der Waals surface area contributed by atoms with Crippen LogP contribution in [0.5, 0.6) is 5.75 Å². The maximum Gasteiger partial charge on any atom is 0.121 e. The van der Waals surface area contributed by atoms with Crippen molar-refractivity contribution in [2.45, 2.75) is 5.88 Å². The van der Waals surface area contributed by atoms with Gasteiger partial charge in [-0.15, -0.1) is 11.6 Å². The molecule has 1 aromatic rings. The SMILES string of the molecule is Oc1cc(Br)c(Cl)cc1CCl. The van der Waals surface area contributed by atoms with E-state index in [1.165, 1.54) is 6.07 Å². The maximum atomic E-state index is 9.24. The summed E-state index contributed by atoms with van der Waals surface area (Å²) in [6.45, 7) is 0. The highest BCUT2D eigenvalue weighted by atomic mass is 79.9. The number of hydrogen-bond acceptors (Lipinski definition) is 1. The fourth-order valence-electron chi connectivity index (χ4n) is 0.685. The van der Waals surface area contributed by atoms with E-state index in [-0.39, 0.29) is 11.6 Å². The summed E-state index contributed by atoms with van der Waals surface area (Å²) >= 11 is 14.4. The van der Waals surface area contributed by atoms with Crippen LogP contribution in [0.2, 0.25) is 5.02 Å². The van der Waals surface area contributed by atoms with Gasteiger partial charge < -0.3 is 5.11 Å². The van der Waals surface area contributed by atoms with Gasteiger partial charge in [-0.25, -0.2) is 0 Å². The van der Waals surface area contributed by atoms with Crippen molar-refractivity contribution in [3.63, 3.8) is 0 Å². The number of halogens is 3. The fourth-order valence-corrected chi connectivity index (χ4v) is 1.42. The van der Waals surface area contributed by atoms with Crippen LogP contribution in [-0.4, -0.2) is 5.11 Å². The van der Waals surface area contributed by atoms with E-state index in [9.17, 15) is 5.11 Å². The Kier molecular flexibility index (Phi) is 3.05. The zero-order valence-electron chi connectivity index (χ0n) is 5.44. The number of phenols is 1. The number of aromatic hydroxyl groups is 1. The summed E-state index contributed by atoms with van der Waals surface area (Å²) < 4.78 is 0.672. The Hall–Kier alpha value is 0.0800. The van der Waals surface area contributed by atoms with Crippen molar-refractivity contribution in [1.82, 2.24) is 0 Å². The second kappa shape index (κ2) is 3.65. The minimum atomic E-state index is 0.163. The van der Waals surface area contributed by atoms with E-state index in [2.05, 4.69) is 15.9 Å². The van der Waals surface area contributed by atoms with Crippen molar-refractivity contribution in [2.75, 3.05) is 0 Å². The summed E-state index contributed by atoms with van der Waals surface area (Å²) in [4.78, 5) is 0. The van der Waals surface area contributed by atoms with Crippen LogP contribution < -0.4 is 0 Å². The van der Waals surface area contributed by atoms with Gasteiger partial charge in [0.05, 0.1) is 10.9 Å². The molecule has 1 N–H and O–H groups in total. The van der Waals surface area contributed by atoms with Crippen LogP contribution in [0, 0.1) is 0 Å². The Morgan fingerprint density at radius 3 is 2.64 bits per heavy atom. The van der Waals surface area contributed by atoms with Gasteiger partial charge in [0.25, 0.3) is 0 Å². The molecule has 4 heteroatoms. The zero-order valence-corrected chi connectivity index (χ0v) is 8.54. The smallest absolute Gasteiger partial charge is 0.121 e. The zero-order chi connectivity index (χ0) is 8.43. The summed E-state index contributed by atoms with van der Waals surface area (Å²) in [6, 6.07) is 3.16. The average molecular weight is 256 g/mol. The molecule has 0 aliphatic rings. The fraction of sp³-hybridized carbons (Fsp3) is 0.143. The summed E-state index contributed by atoms with van der Waals surface area (Å²) in [6.07, 6.45) is 0. The van der Waals surface area contributed by atoms with Gasteiger partial charge in [0.2, 0.25) is 0 Å². The Morgan fingerprint density at radius 1 is 1.45 bits per heavy atom. The lowest BCUT2D eigenvalue weighted by Gasteiger charge is -2.02. The molecule has 0 aromatic heterocycles. The van der Waals surface area contributed by atoms with Gasteiger partial charge in [-0.3, -0.25) is 0 Å². The summed E-state index contributed by atoms with van der Waals surface area (Å²) in [7, 11) is 0. The van der Waals surface area contributed by atoms with Crippen molar-refractivity contribution < 1.29 is 5.11 Å². The third-order valence-electron chi connectivity index (χ3n) is 1.27. The highest BCUT2D eigenvalue weighted by molar-refractivity contribution is 9.10. The lowest BCUT2D eigenvalue weighted by Crippen LogP contribution is -1.80. The third kappa shape index (κ3) is 2.01. The lowest BCUT2D eigenvalue weighted by atomic mass is 10.2. The molecule has 0 aliphatic heterocycles. The molecule has 0 unspecified atom stereocenters. The molecule has 1 nitrogen and oxygen atoms in total. The predicted molar refractivity (Wildman–Crippen MR) is 50.4 cm³/mol. The van der Waals surface area contributed by atoms with Crippen molar-refractivity contribution >= 4 is 39.1 Å². The molecule has 0 amide bonds. The Morgan fingerprint density at radius 2 is 2.09 bits per heavy atom. The molecule has 0 saturated heterocycles. The molecular weight excluding hydrogens is 251 g/mol. The van der Waals surface area contributed by atoms with E-state index in [0.29, 0.717) is 15.1 Å². The van der Waals surface area contributed by atoms with Crippen molar-refractivity contribution in [3.8, 4) is 5.75 Å². The maximum absolute atomic E-state index is 9.24.